The lowest BCUT2D eigenvalue weighted by Gasteiger charge is -2.10. The van der Waals surface area contributed by atoms with Gasteiger partial charge in [0, 0.05) is 43.9 Å². The Morgan fingerprint density at radius 3 is 2.67 bits per heavy atom. The number of hydrogen-bond acceptors (Lipinski definition) is 6. The third-order valence-corrected chi connectivity index (χ3v) is 5.21. The molecule has 1 aliphatic carbocycles. The van der Waals surface area contributed by atoms with Crippen molar-refractivity contribution >= 4 is 11.6 Å². The van der Waals surface area contributed by atoms with Gasteiger partial charge in [-0.2, -0.15) is 5.10 Å². The van der Waals surface area contributed by atoms with Gasteiger partial charge in [0.2, 0.25) is 5.88 Å². The van der Waals surface area contributed by atoms with E-state index in [0.717, 1.165) is 28.1 Å². The number of aromatic nitrogens is 5. The van der Waals surface area contributed by atoms with Gasteiger partial charge in [-0.15, -0.1) is 5.10 Å². The van der Waals surface area contributed by atoms with E-state index in [2.05, 4.69) is 32.6 Å². The average molecular weight is 408 g/mol. The van der Waals surface area contributed by atoms with E-state index in [4.69, 9.17) is 4.74 Å². The Morgan fingerprint density at radius 1 is 1.20 bits per heavy atom. The Kier molecular flexibility index (Phi) is 5.11. The number of carbonyl (C=O) groups excluding carboxylic acids is 1. The number of pyridine rings is 1. The van der Waals surface area contributed by atoms with Crippen molar-refractivity contribution in [3.63, 3.8) is 0 Å². The molecule has 4 rings (SSSR count). The SMILES string of the molecule is Cc1ccc(C2CC2COc2cc(NC(=O)c3cc(C)nn3C)c(=O)n(C)n2)nc1. The number of hydrogen-bond donors (Lipinski definition) is 1. The fourth-order valence-corrected chi connectivity index (χ4v) is 3.44. The summed E-state index contributed by atoms with van der Waals surface area (Å²) in [6.07, 6.45) is 2.88. The lowest BCUT2D eigenvalue weighted by molar-refractivity contribution is 0.101. The maximum Gasteiger partial charge on any atom is 0.290 e. The maximum absolute atomic E-state index is 12.5. The number of rotatable bonds is 6. The predicted molar refractivity (Wildman–Crippen MR) is 111 cm³/mol. The van der Waals surface area contributed by atoms with Crippen molar-refractivity contribution in [2.45, 2.75) is 26.2 Å². The summed E-state index contributed by atoms with van der Waals surface area (Å²) in [6, 6.07) is 7.24. The fourth-order valence-electron chi connectivity index (χ4n) is 3.44. The summed E-state index contributed by atoms with van der Waals surface area (Å²) in [7, 11) is 3.20. The molecule has 3 aromatic rings. The van der Waals surface area contributed by atoms with Crippen LogP contribution < -0.4 is 15.6 Å². The fraction of sp³-hybridized carbons (Fsp3) is 0.381. The monoisotopic (exact) mass is 408 g/mol. The van der Waals surface area contributed by atoms with E-state index in [-0.39, 0.29) is 11.6 Å². The summed E-state index contributed by atoms with van der Waals surface area (Å²) in [4.78, 5) is 29.4. The molecule has 156 valence electrons. The molecule has 9 heteroatoms. The normalized spacial score (nSPS) is 17.6. The molecule has 9 nitrogen and oxygen atoms in total. The molecule has 1 aliphatic rings. The van der Waals surface area contributed by atoms with Crippen LogP contribution in [0.2, 0.25) is 0 Å². The molecule has 1 amide bonds. The highest BCUT2D eigenvalue weighted by Crippen LogP contribution is 2.46. The molecule has 0 bridgehead atoms. The Bertz CT molecular complexity index is 1150. The van der Waals surface area contributed by atoms with E-state index in [1.807, 2.05) is 13.1 Å². The molecule has 3 aromatic heterocycles. The van der Waals surface area contributed by atoms with Crippen molar-refractivity contribution in [1.29, 1.82) is 0 Å². The van der Waals surface area contributed by atoms with Crippen LogP contribution in [-0.4, -0.2) is 37.1 Å². The first kappa shape index (κ1) is 19.8. The van der Waals surface area contributed by atoms with Gasteiger partial charge in [0.15, 0.2) is 0 Å². The molecule has 1 fully saturated rings. The maximum atomic E-state index is 12.5. The van der Waals surface area contributed by atoms with Crippen molar-refractivity contribution in [3.8, 4) is 5.88 Å². The summed E-state index contributed by atoms with van der Waals surface area (Å²) in [5.41, 5.74) is 2.98. The highest BCUT2D eigenvalue weighted by Gasteiger charge is 2.40. The van der Waals surface area contributed by atoms with Crippen molar-refractivity contribution < 1.29 is 9.53 Å². The summed E-state index contributed by atoms with van der Waals surface area (Å²) >= 11 is 0. The topological polar surface area (TPSA) is 104 Å². The number of anilines is 1. The van der Waals surface area contributed by atoms with Crippen LogP contribution in [0.15, 0.2) is 35.3 Å². The lowest BCUT2D eigenvalue weighted by Crippen LogP contribution is -2.27. The second kappa shape index (κ2) is 7.74. The highest BCUT2D eigenvalue weighted by molar-refractivity contribution is 6.03. The standard InChI is InChI=1S/C21H24N6O3/c1-12-5-6-16(22-10-12)15-8-14(15)11-30-19-9-17(21(29)27(4)25-19)23-20(28)18-7-13(2)24-26(18)3/h5-7,9-10,14-15H,8,11H2,1-4H3,(H,23,28). The molecular formula is C21H24N6O3. The van der Waals surface area contributed by atoms with Crippen molar-refractivity contribution in [2.75, 3.05) is 11.9 Å². The van der Waals surface area contributed by atoms with E-state index < -0.39 is 11.5 Å². The van der Waals surface area contributed by atoms with Gasteiger partial charge in [-0.05, 0) is 38.0 Å². The van der Waals surface area contributed by atoms with E-state index in [0.29, 0.717) is 24.1 Å². The average Bonchev–Trinajstić information content (AvgIpc) is 3.40. The number of ether oxygens (including phenoxy) is 1. The highest BCUT2D eigenvalue weighted by atomic mass is 16.5. The molecule has 1 N–H and O–H groups in total. The zero-order valence-electron chi connectivity index (χ0n) is 17.4. The van der Waals surface area contributed by atoms with Gasteiger partial charge in [-0.25, -0.2) is 4.68 Å². The van der Waals surface area contributed by atoms with Crippen LogP contribution in [0.3, 0.4) is 0 Å². The molecule has 0 spiro atoms. The van der Waals surface area contributed by atoms with Crippen molar-refractivity contribution in [3.05, 3.63) is 63.5 Å². The minimum Gasteiger partial charge on any atom is -0.476 e. The molecule has 0 aromatic carbocycles. The van der Waals surface area contributed by atoms with Gasteiger partial charge in [0.1, 0.15) is 11.4 Å². The van der Waals surface area contributed by atoms with Gasteiger partial charge < -0.3 is 10.1 Å². The summed E-state index contributed by atoms with van der Waals surface area (Å²) in [5, 5.41) is 10.9. The molecule has 0 saturated heterocycles. The van der Waals surface area contributed by atoms with Crippen LogP contribution in [-0.2, 0) is 14.1 Å². The molecule has 0 aliphatic heterocycles. The zero-order valence-corrected chi connectivity index (χ0v) is 17.4. The van der Waals surface area contributed by atoms with Crippen molar-refractivity contribution in [2.24, 2.45) is 20.0 Å². The van der Waals surface area contributed by atoms with Gasteiger partial charge in [-0.1, -0.05) is 6.07 Å². The van der Waals surface area contributed by atoms with E-state index in [9.17, 15) is 9.59 Å². The smallest absolute Gasteiger partial charge is 0.290 e. The third-order valence-electron chi connectivity index (χ3n) is 5.21. The number of nitrogens with zero attached hydrogens (tertiary/aromatic N) is 5. The quantitative estimate of drug-likeness (QED) is 0.669. The predicted octanol–water partition coefficient (Wildman–Crippen LogP) is 1.96. The zero-order chi connectivity index (χ0) is 21.4. The molecule has 2 unspecified atom stereocenters. The van der Waals surface area contributed by atoms with E-state index in [1.54, 1.807) is 20.0 Å². The molecule has 30 heavy (non-hydrogen) atoms. The first-order valence-electron chi connectivity index (χ1n) is 9.77. The Balaban J connectivity index is 1.43. The third kappa shape index (κ3) is 4.10. The van der Waals surface area contributed by atoms with Crippen molar-refractivity contribution in [1.82, 2.24) is 24.5 Å². The Hall–Kier alpha value is -3.49. The minimum atomic E-state index is -0.417. The largest absolute Gasteiger partial charge is 0.476 e. The second-order valence-corrected chi connectivity index (χ2v) is 7.75. The summed E-state index contributed by atoms with van der Waals surface area (Å²) in [5.74, 6) is 0.608. The molecule has 2 atom stereocenters. The molecule has 0 radical (unpaired) electrons. The van der Waals surface area contributed by atoms with Crippen LogP contribution in [0, 0.1) is 19.8 Å². The molecular weight excluding hydrogens is 384 g/mol. The van der Waals surface area contributed by atoms with Crippen LogP contribution >= 0.6 is 0 Å². The molecule has 3 heterocycles. The number of aryl methyl sites for hydroxylation is 4. The number of nitrogens with one attached hydrogen (secondary N) is 1. The second-order valence-electron chi connectivity index (χ2n) is 7.75. The lowest BCUT2D eigenvalue weighted by atomic mass is 10.2. The van der Waals surface area contributed by atoms with Crippen LogP contribution in [0.1, 0.15) is 39.8 Å². The van der Waals surface area contributed by atoms with E-state index >= 15 is 0 Å². The van der Waals surface area contributed by atoms with Gasteiger partial charge >= 0.3 is 0 Å². The van der Waals surface area contributed by atoms with Gasteiger partial charge in [0.05, 0.1) is 12.3 Å². The Labute approximate surface area is 173 Å². The van der Waals surface area contributed by atoms with Crippen LogP contribution in [0.4, 0.5) is 5.69 Å². The van der Waals surface area contributed by atoms with E-state index in [1.165, 1.54) is 17.8 Å². The summed E-state index contributed by atoms with van der Waals surface area (Å²) < 4.78 is 8.46. The Morgan fingerprint density at radius 2 is 2.00 bits per heavy atom. The summed E-state index contributed by atoms with van der Waals surface area (Å²) in [6.45, 7) is 4.28. The first-order valence-corrected chi connectivity index (χ1v) is 9.77. The van der Waals surface area contributed by atoms with Crippen LogP contribution in [0.5, 0.6) is 5.88 Å². The van der Waals surface area contributed by atoms with Gasteiger partial charge in [-0.3, -0.25) is 19.3 Å². The first-order chi connectivity index (χ1) is 14.3. The number of amides is 1. The minimum absolute atomic E-state index is 0.110. The number of carbonyl (C=O) groups is 1. The van der Waals surface area contributed by atoms with Crippen LogP contribution in [0.25, 0.3) is 0 Å². The van der Waals surface area contributed by atoms with Gasteiger partial charge in [0.25, 0.3) is 11.5 Å². The molecule has 1 saturated carbocycles.